The molecule has 4 heteroatoms. The Labute approximate surface area is 128 Å². The number of nitrogens with one attached hydrogen (secondary N) is 1. The largest absolute Gasteiger partial charge is 0.468 e. The summed E-state index contributed by atoms with van der Waals surface area (Å²) in [5, 5.41) is 3.35. The molecule has 1 N–H and O–H groups in total. The number of furan rings is 1. The Morgan fingerprint density at radius 2 is 1.90 bits per heavy atom. The molecule has 0 aliphatic heterocycles. The van der Waals surface area contributed by atoms with Crippen molar-refractivity contribution in [3.8, 4) is 0 Å². The second kappa shape index (κ2) is 7.62. The normalized spacial score (nSPS) is 11.2. The van der Waals surface area contributed by atoms with Gasteiger partial charge in [0.2, 0.25) is 0 Å². The van der Waals surface area contributed by atoms with Crippen LogP contribution in [0, 0.1) is 0 Å². The van der Waals surface area contributed by atoms with Gasteiger partial charge in [-0.3, -0.25) is 0 Å². The third-order valence-corrected chi connectivity index (χ3v) is 3.76. The van der Waals surface area contributed by atoms with Crippen molar-refractivity contribution in [3.63, 3.8) is 0 Å². The molecule has 0 spiro atoms. The molecule has 3 nitrogen and oxygen atoms in total. The van der Waals surface area contributed by atoms with E-state index in [-0.39, 0.29) is 0 Å². The molecule has 0 saturated carbocycles. The quantitative estimate of drug-likeness (QED) is 0.819. The van der Waals surface area contributed by atoms with Gasteiger partial charge < -0.3 is 14.5 Å². The van der Waals surface area contributed by atoms with E-state index in [1.807, 2.05) is 24.3 Å². The predicted molar refractivity (Wildman–Crippen MR) is 83.3 cm³/mol. The molecule has 1 heterocycles. The Bertz CT molecular complexity index is 537. The smallest absolute Gasteiger partial charge is 0.123 e. The number of ether oxygens (including phenoxy) is 1. The summed E-state index contributed by atoms with van der Waals surface area (Å²) in [6.45, 7) is 6.12. The van der Waals surface area contributed by atoms with E-state index in [2.05, 4.69) is 41.2 Å². The highest BCUT2D eigenvalue weighted by molar-refractivity contribution is 9.10. The molecule has 0 amide bonds. The van der Waals surface area contributed by atoms with Crippen LogP contribution in [0.25, 0.3) is 0 Å². The summed E-state index contributed by atoms with van der Waals surface area (Å²) in [5.74, 6) is 0.950. The standard InChI is InChI=1S/C16H20BrNO2/c1-12(2)18-9-16-14(7-8-20-16)11-19-10-13-5-3-4-6-15(13)17/h3-8,12,18H,9-11H2,1-2H3. The highest BCUT2D eigenvalue weighted by atomic mass is 79.9. The zero-order valence-corrected chi connectivity index (χ0v) is 13.4. The maximum atomic E-state index is 5.77. The maximum absolute atomic E-state index is 5.77. The summed E-state index contributed by atoms with van der Waals surface area (Å²) in [4.78, 5) is 0. The summed E-state index contributed by atoms with van der Waals surface area (Å²) >= 11 is 3.52. The van der Waals surface area contributed by atoms with E-state index in [1.165, 1.54) is 0 Å². The van der Waals surface area contributed by atoms with Gasteiger partial charge in [0.05, 0.1) is 26.0 Å². The minimum Gasteiger partial charge on any atom is -0.468 e. The van der Waals surface area contributed by atoms with Crippen molar-refractivity contribution in [2.24, 2.45) is 0 Å². The summed E-state index contributed by atoms with van der Waals surface area (Å²) in [6, 6.07) is 10.5. The lowest BCUT2D eigenvalue weighted by atomic mass is 10.2. The molecule has 0 unspecified atom stereocenters. The molecule has 1 aromatic carbocycles. The number of halogens is 1. The van der Waals surface area contributed by atoms with Crippen LogP contribution >= 0.6 is 15.9 Å². The lowest BCUT2D eigenvalue weighted by molar-refractivity contribution is 0.105. The average Bonchev–Trinajstić information content (AvgIpc) is 2.86. The van der Waals surface area contributed by atoms with Gasteiger partial charge in [0.15, 0.2) is 0 Å². The lowest BCUT2D eigenvalue weighted by Crippen LogP contribution is -2.22. The van der Waals surface area contributed by atoms with Gasteiger partial charge in [0, 0.05) is 16.1 Å². The molecule has 2 aromatic rings. The Morgan fingerprint density at radius 3 is 2.65 bits per heavy atom. The van der Waals surface area contributed by atoms with Crippen molar-refractivity contribution in [1.29, 1.82) is 0 Å². The third kappa shape index (κ3) is 4.47. The van der Waals surface area contributed by atoms with Gasteiger partial charge in [-0.2, -0.15) is 0 Å². The molecule has 0 radical (unpaired) electrons. The molecule has 2 rings (SSSR count). The van der Waals surface area contributed by atoms with E-state index < -0.39 is 0 Å². The maximum Gasteiger partial charge on any atom is 0.123 e. The van der Waals surface area contributed by atoms with Crippen molar-refractivity contribution in [2.75, 3.05) is 0 Å². The summed E-state index contributed by atoms with van der Waals surface area (Å²) in [5.41, 5.74) is 2.25. The average molecular weight is 338 g/mol. The molecule has 0 bridgehead atoms. The highest BCUT2D eigenvalue weighted by Crippen LogP contribution is 2.18. The summed E-state index contributed by atoms with van der Waals surface area (Å²) in [6.07, 6.45) is 1.72. The van der Waals surface area contributed by atoms with Gasteiger partial charge >= 0.3 is 0 Å². The topological polar surface area (TPSA) is 34.4 Å². The first-order valence-electron chi connectivity index (χ1n) is 6.76. The van der Waals surface area contributed by atoms with E-state index in [4.69, 9.17) is 9.15 Å². The molecule has 0 fully saturated rings. The summed E-state index contributed by atoms with van der Waals surface area (Å²) in [7, 11) is 0. The van der Waals surface area contributed by atoms with Crippen LogP contribution in [0.3, 0.4) is 0 Å². The third-order valence-electron chi connectivity index (χ3n) is 2.98. The molecule has 0 saturated heterocycles. The molecule has 1 aromatic heterocycles. The van der Waals surface area contributed by atoms with Gasteiger partial charge in [-0.05, 0) is 17.7 Å². The first kappa shape index (κ1) is 15.3. The van der Waals surface area contributed by atoms with Crippen molar-refractivity contribution >= 4 is 15.9 Å². The van der Waals surface area contributed by atoms with Crippen LogP contribution in [0.5, 0.6) is 0 Å². The first-order chi connectivity index (χ1) is 9.66. The fraction of sp³-hybridized carbons (Fsp3) is 0.375. The molecular weight excluding hydrogens is 318 g/mol. The first-order valence-corrected chi connectivity index (χ1v) is 7.56. The van der Waals surface area contributed by atoms with Gasteiger partial charge in [-0.25, -0.2) is 0 Å². The second-order valence-electron chi connectivity index (χ2n) is 4.99. The minimum absolute atomic E-state index is 0.439. The number of rotatable bonds is 7. The predicted octanol–water partition coefficient (Wildman–Crippen LogP) is 4.26. The summed E-state index contributed by atoms with van der Waals surface area (Å²) < 4.78 is 12.3. The second-order valence-corrected chi connectivity index (χ2v) is 5.84. The van der Waals surface area contributed by atoms with Gasteiger partial charge in [0.1, 0.15) is 5.76 Å². The van der Waals surface area contributed by atoms with E-state index in [0.29, 0.717) is 19.3 Å². The number of hydrogen-bond donors (Lipinski definition) is 1. The van der Waals surface area contributed by atoms with Gasteiger partial charge in [-0.15, -0.1) is 0 Å². The van der Waals surface area contributed by atoms with Gasteiger partial charge in [0.25, 0.3) is 0 Å². The van der Waals surface area contributed by atoms with Crippen LogP contribution in [-0.2, 0) is 24.5 Å². The minimum atomic E-state index is 0.439. The van der Waals surface area contributed by atoms with E-state index in [1.54, 1.807) is 6.26 Å². The Hall–Kier alpha value is -1.10. The van der Waals surface area contributed by atoms with Crippen LogP contribution in [0.2, 0.25) is 0 Å². The zero-order valence-electron chi connectivity index (χ0n) is 11.9. The molecular formula is C16H20BrNO2. The van der Waals surface area contributed by atoms with Crippen LogP contribution in [0.4, 0.5) is 0 Å². The zero-order chi connectivity index (χ0) is 14.4. The monoisotopic (exact) mass is 337 g/mol. The fourth-order valence-electron chi connectivity index (χ4n) is 1.83. The van der Waals surface area contributed by atoms with Crippen LogP contribution in [0.15, 0.2) is 45.5 Å². The lowest BCUT2D eigenvalue weighted by Gasteiger charge is -2.09. The molecule has 0 atom stereocenters. The van der Waals surface area contributed by atoms with Crippen molar-refractivity contribution in [3.05, 3.63) is 58.0 Å². The van der Waals surface area contributed by atoms with Crippen LogP contribution in [-0.4, -0.2) is 6.04 Å². The molecule has 108 valence electrons. The number of benzene rings is 1. The van der Waals surface area contributed by atoms with Crippen LogP contribution < -0.4 is 5.32 Å². The van der Waals surface area contributed by atoms with Crippen molar-refractivity contribution in [1.82, 2.24) is 5.32 Å². The van der Waals surface area contributed by atoms with E-state index in [0.717, 1.165) is 27.9 Å². The Morgan fingerprint density at radius 1 is 1.15 bits per heavy atom. The van der Waals surface area contributed by atoms with E-state index >= 15 is 0 Å². The molecule has 20 heavy (non-hydrogen) atoms. The molecule has 0 aliphatic carbocycles. The SMILES string of the molecule is CC(C)NCc1occc1COCc1ccccc1Br. The molecule has 0 aliphatic rings. The Balaban J connectivity index is 1.85. The van der Waals surface area contributed by atoms with Crippen LogP contribution in [0.1, 0.15) is 30.7 Å². The highest BCUT2D eigenvalue weighted by Gasteiger charge is 2.07. The number of hydrogen-bond acceptors (Lipinski definition) is 3. The van der Waals surface area contributed by atoms with Crippen molar-refractivity contribution < 1.29 is 9.15 Å². The van der Waals surface area contributed by atoms with Crippen molar-refractivity contribution in [2.45, 2.75) is 39.6 Å². The Kier molecular flexibility index (Phi) is 5.83. The fourth-order valence-corrected chi connectivity index (χ4v) is 2.23. The van der Waals surface area contributed by atoms with E-state index in [9.17, 15) is 0 Å². The van der Waals surface area contributed by atoms with Gasteiger partial charge in [-0.1, -0.05) is 48.0 Å².